The lowest BCUT2D eigenvalue weighted by Gasteiger charge is -2.25. The molecular formula is C13H19N4O+. The summed E-state index contributed by atoms with van der Waals surface area (Å²) in [7, 11) is 7.70. The van der Waals surface area contributed by atoms with Gasteiger partial charge < -0.3 is 5.73 Å². The minimum atomic E-state index is -0.165. The molecule has 5 heteroatoms. The lowest BCUT2D eigenvalue weighted by molar-refractivity contribution is 0.449. The van der Waals surface area contributed by atoms with Gasteiger partial charge in [0, 0.05) is 7.05 Å². The summed E-state index contributed by atoms with van der Waals surface area (Å²) in [5.41, 5.74) is 7.02. The Bertz CT molecular complexity index is 617. The van der Waals surface area contributed by atoms with Gasteiger partial charge >= 0.3 is 0 Å². The standard InChI is InChI=1S/C13H19N4O/c1-15-13(18)11(14)12(17(2,3)4)16(15)10-8-6-5-7-9-10/h5-9H,14H2,1-4H3/q+1. The van der Waals surface area contributed by atoms with Crippen molar-refractivity contribution < 1.29 is 0 Å². The Balaban J connectivity index is 2.83. The first kappa shape index (κ1) is 12.4. The average Bonchev–Trinajstić information content (AvgIpc) is 2.54. The molecule has 0 unspecified atom stereocenters. The van der Waals surface area contributed by atoms with Gasteiger partial charge in [-0.2, -0.15) is 0 Å². The van der Waals surface area contributed by atoms with E-state index < -0.39 is 0 Å². The second kappa shape index (κ2) is 4.03. The first-order valence-corrected chi connectivity index (χ1v) is 5.79. The predicted molar refractivity (Wildman–Crippen MR) is 75.0 cm³/mol. The van der Waals surface area contributed by atoms with Gasteiger partial charge in [0.1, 0.15) is 0 Å². The van der Waals surface area contributed by atoms with Gasteiger partial charge in [-0.25, -0.2) is 9.36 Å². The molecule has 0 fully saturated rings. The molecular weight excluding hydrogens is 228 g/mol. The Morgan fingerprint density at radius 3 is 2.17 bits per heavy atom. The summed E-state index contributed by atoms with van der Waals surface area (Å²) in [6, 6.07) is 9.74. The maximum Gasteiger partial charge on any atom is 0.296 e. The topological polar surface area (TPSA) is 52.9 Å². The number of nitrogens with two attached hydrogens (primary N) is 1. The summed E-state index contributed by atoms with van der Waals surface area (Å²) < 4.78 is 3.89. The van der Waals surface area contributed by atoms with E-state index in [1.165, 1.54) is 0 Å². The minimum Gasteiger partial charge on any atom is -0.388 e. The van der Waals surface area contributed by atoms with E-state index in [-0.39, 0.29) is 5.56 Å². The van der Waals surface area contributed by atoms with E-state index in [0.717, 1.165) is 11.5 Å². The van der Waals surface area contributed by atoms with Crippen LogP contribution < -0.4 is 15.8 Å². The average molecular weight is 247 g/mol. The molecule has 0 bridgehead atoms. The third-order valence-electron chi connectivity index (χ3n) is 2.90. The summed E-state index contributed by atoms with van der Waals surface area (Å²) >= 11 is 0. The van der Waals surface area contributed by atoms with Gasteiger partial charge in [-0.15, -0.1) is 0 Å². The quantitative estimate of drug-likeness (QED) is 0.803. The van der Waals surface area contributed by atoms with Crippen molar-refractivity contribution in [3.63, 3.8) is 0 Å². The Hall–Kier alpha value is -2.01. The number of para-hydroxylation sites is 1. The van der Waals surface area contributed by atoms with Crippen molar-refractivity contribution in [3.8, 4) is 5.69 Å². The molecule has 0 aliphatic heterocycles. The van der Waals surface area contributed by atoms with Crippen molar-refractivity contribution in [2.45, 2.75) is 0 Å². The molecule has 2 N–H and O–H groups in total. The van der Waals surface area contributed by atoms with E-state index >= 15 is 0 Å². The number of anilines is 1. The van der Waals surface area contributed by atoms with E-state index in [1.807, 2.05) is 56.2 Å². The van der Waals surface area contributed by atoms with E-state index in [9.17, 15) is 4.79 Å². The highest BCUT2D eigenvalue weighted by atomic mass is 16.1. The van der Waals surface area contributed by atoms with Gasteiger partial charge in [-0.05, 0) is 12.1 Å². The molecule has 2 rings (SSSR count). The van der Waals surface area contributed by atoms with Crippen LogP contribution >= 0.6 is 0 Å². The first-order chi connectivity index (χ1) is 8.34. The fourth-order valence-electron chi connectivity index (χ4n) is 2.13. The third-order valence-corrected chi connectivity index (χ3v) is 2.90. The number of rotatable bonds is 2. The highest BCUT2D eigenvalue weighted by Crippen LogP contribution is 2.26. The maximum absolute atomic E-state index is 12.0. The number of hydrogen-bond donors (Lipinski definition) is 1. The van der Waals surface area contributed by atoms with Crippen molar-refractivity contribution >= 4 is 11.5 Å². The van der Waals surface area contributed by atoms with Gasteiger partial charge in [-0.1, -0.05) is 18.2 Å². The number of nitrogen functional groups attached to an aromatic ring is 1. The van der Waals surface area contributed by atoms with Gasteiger partial charge in [0.25, 0.3) is 11.4 Å². The lowest BCUT2D eigenvalue weighted by atomic mass is 10.3. The Morgan fingerprint density at radius 1 is 1.11 bits per heavy atom. The molecule has 0 spiro atoms. The van der Waals surface area contributed by atoms with Gasteiger partial charge in [-0.3, -0.25) is 9.28 Å². The molecule has 0 saturated carbocycles. The molecule has 0 radical (unpaired) electrons. The normalized spacial score (nSPS) is 11.8. The Morgan fingerprint density at radius 2 is 1.67 bits per heavy atom. The summed E-state index contributed by atoms with van der Waals surface area (Å²) in [6.07, 6.45) is 0. The third kappa shape index (κ3) is 1.82. The molecule has 0 aliphatic carbocycles. The van der Waals surface area contributed by atoms with Crippen molar-refractivity contribution in [1.29, 1.82) is 0 Å². The van der Waals surface area contributed by atoms with Gasteiger partial charge in [0.05, 0.1) is 26.8 Å². The first-order valence-electron chi connectivity index (χ1n) is 5.79. The molecule has 96 valence electrons. The van der Waals surface area contributed by atoms with Crippen molar-refractivity contribution in [1.82, 2.24) is 13.8 Å². The zero-order valence-corrected chi connectivity index (χ0v) is 11.2. The van der Waals surface area contributed by atoms with Crippen LogP contribution in [-0.4, -0.2) is 30.5 Å². The van der Waals surface area contributed by atoms with Crippen LogP contribution in [0, 0.1) is 0 Å². The maximum atomic E-state index is 12.0. The molecule has 1 heterocycles. The second-order valence-corrected chi connectivity index (χ2v) is 5.23. The van der Waals surface area contributed by atoms with Crippen LogP contribution in [0.25, 0.3) is 5.69 Å². The van der Waals surface area contributed by atoms with Crippen molar-refractivity contribution in [3.05, 3.63) is 40.7 Å². The summed E-state index contributed by atoms with van der Waals surface area (Å²) in [5.74, 6) is 0.786. The van der Waals surface area contributed by atoms with Crippen LogP contribution in [0.5, 0.6) is 0 Å². The fourth-order valence-corrected chi connectivity index (χ4v) is 2.13. The van der Waals surface area contributed by atoms with E-state index in [0.29, 0.717) is 10.2 Å². The highest BCUT2D eigenvalue weighted by Gasteiger charge is 2.28. The fraction of sp³-hybridized carbons (Fsp3) is 0.308. The Kier molecular flexibility index (Phi) is 2.78. The van der Waals surface area contributed by atoms with Gasteiger partial charge in [0.15, 0.2) is 5.69 Å². The molecule has 1 aromatic carbocycles. The van der Waals surface area contributed by atoms with Crippen molar-refractivity contribution in [2.24, 2.45) is 7.05 Å². The summed E-state index contributed by atoms with van der Waals surface area (Å²) in [5, 5.41) is 0. The largest absolute Gasteiger partial charge is 0.388 e. The number of quaternary nitrogens is 1. The van der Waals surface area contributed by atoms with Crippen LogP contribution in [0.4, 0.5) is 11.5 Å². The zero-order valence-electron chi connectivity index (χ0n) is 11.2. The summed E-state index contributed by atoms with van der Waals surface area (Å²) in [6.45, 7) is 0. The molecule has 0 aliphatic rings. The van der Waals surface area contributed by atoms with Crippen molar-refractivity contribution in [2.75, 3.05) is 26.9 Å². The molecule has 0 amide bonds. The second-order valence-electron chi connectivity index (χ2n) is 5.23. The monoisotopic (exact) mass is 247 g/mol. The number of benzene rings is 1. The van der Waals surface area contributed by atoms with Crippen LogP contribution in [-0.2, 0) is 7.05 Å². The van der Waals surface area contributed by atoms with Crippen LogP contribution in [0.2, 0.25) is 0 Å². The Labute approximate surface area is 106 Å². The smallest absolute Gasteiger partial charge is 0.296 e. The van der Waals surface area contributed by atoms with E-state index in [4.69, 9.17) is 5.73 Å². The molecule has 0 atom stereocenters. The molecule has 0 saturated heterocycles. The van der Waals surface area contributed by atoms with Crippen LogP contribution in [0.3, 0.4) is 0 Å². The predicted octanol–water partition coefficient (Wildman–Crippen LogP) is 0.955. The number of hydrogen-bond acceptors (Lipinski definition) is 2. The number of aromatic nitrogens is 2. The lowest BCUT2D eigenvalue weighted by Crippen LogP contribution is -2.38. The SMILES string of the molecule is Cn1c(=O)c(N)c([N+](C)(C)C)n1-c1ccccc1. The van der Waals surface area contributed by atoms with Crippen LogP contribution in [0.15, 0.2) is 35.1 Å². The van der Waals surface area contributed by atoms with E-state index in [1.54, 1.807) is 11.7 Å². The van der Waals surface area contributed by atoms with Gasteiger partial charge in [0.2, 0.25) is 0 Å². The highest BCUT2D eigenvalue weighted by molar-refractivity contribution is 5.62. The summed E-state index contributed by atoms with van der Waals surface area (Å²) in [4.78, 5) is 12.0. The molecule has 2 aromatic rings. The zero-order chi connectivity index (χ0) is 13.5. The molecule has 5 nitrogen and oxygen atoms in total. The molecule has 1 aromatic heterocycles. The molecule has 18 heavy (non-hydrogen) atoms. The number of nitrogens with zero attached hydrogens (tertiary/aromatic N) is 3. The minimum absolute atomic E-state index is 0.165. The van der Waals surface area contributed by atoms with E-state index in [2.05, 4.69) is 0 Å². The van der Waals surface area contributed by atoms with Crippen LogP contribution in [0.1, 0.15) is 0 Å².